The van der Waals surface area contributed by atoms with Gasteiger partial charge in [0.25, 0.3) is 0 Å². The molecule has 0 spiro atoms. The predicted molar refractivity (Wildman–Crippen MR) is 69.6 cm³/mol. The minimum atomic E-state index is -0.726. The van der Waals surface area contributed by atoms with Gasteiger partial charge in [-0.1, -0.05) is 40.2 Å². The van der Waals surface area contributed by atoms with Crippen LogP contribution in [0.5, 0.6) is 0 Å². The van der Waals surface area contributed by atoms with Gasteiger partial charge < -0.3 is 10.2 Å². The largest absolute Gasteiger partial charge is 0.392 e. The molecule has 0 bridgehead atoms. The lowest BCUT2D eigenvalue weighted by Gasteiger charge is -2.26. The minimum absolute atomic E-state index is 0.0767. The molecule has 17 heavy (non-hydrogen) atoms. The molecule has 0 saturated heterocycles. The summed E-state index contributed by atoms with van der Waals surface area (Å²) in [6, 6.07) is 0. The van der Waals surface area contributed by atoms with Crippen LogP contribution in [0.1, 0.15) is 40.5 Å². The zero-order valence-electron chi connectivity index (χ0n) is 11.4. The summed E-state index contributed by atoms with van der Waals surface area (Å²) in [4.78, 5) is 12.1. The molecule has 3 heteroatoms. The van der Waals surface area contributed by atoms with E-state index in [9.17, 15) is 15.0 Å². The molecule has 0 saturated carbocycles. The summed E-state index contributed by atoms with van der Waals surface area (Å²) in [5, 5.41) is 19.7. The monoisotopic (exact) mass is 242 g/mol. The second-order valence-corrected chi connectivity index (χ2v) is 4.92. The molecule has 0 aromatic rings. The average molecular weight is 242 g/mol. The third kappa shape index (κ3) is 4.60. The van der Waals surface area contributed by atoms with Crippen LogP contribution in [0.2, 0.25) is 0 Å². The molecule has 0 radical (unpaired) electrons. The summed E-state index contributed by atoms with van der Waals surface area (Å²) in [6.45, 7) is 10.8. The Bertz CT molecular complexity index is 250. The van der Waals surface area contributed by atoms with Gasteiger partial charge in [-0.05, 0) is 6.42 Å². The number of carbonyl (C=O) groups is 1. The van der Waals surface area contributed by atoms with Crippen molar-refractivity contribution in [2.45, 2.75) is 52.7 Å². The molecule has 100 valence electrons. The van der Waals surface area contributed by atoms with Crippen LogP contribution in [0.3, 0.4) is 0 Å². The van der Waals surface area contributed by atoms with Crippen molar-refractivity contribution >= 4 is 5.78 Å². The Morgan fingerprint density at radius 1 is 1.24 bits per heavy atom. The van der Waals surface area contributed by atoms with Crippen molar-refractivity contribution < 1.29 is 15.0 Å². The van der Waals surface area contributed by atoms with Gasteiger partial charge in [0.15, 0.2) is 0 Å². The minimum Gasteiger partial charge on any atom is -0.392 e. The van der Waals surface area contributed by atoms with Crippen molar-refractivity contribution in [1.82, 2.24) is 0 Å². The summed E-state index contributed by atoms with van der Waals surface area (Å²) in [5.74, 6) is -1.09. The predicted octanol–water partition coefficient (Wildman–Crippen LogP) is 2.17. The molecule has 0 aliphatic carbocycles. The van der Waals surface area contributed by atoms with E-state index in [1.807, 2.05) is 13.8 Å². The van der Waals surface area contributed by atoms with Crippen LogP contribution in [-0.2, 0) is 4.79 Å². The van der Waals surface area contributed by atoms with E-state index in [-0.39, 0.29) is 11.7 Å². The number of hydrogen-bond donors (Lipinski definition) is 2. The Kier molecular flexibility index (Phi) is 7.32. The van der Waals surface area contributed by atoms with Gasteiger partial charge in [0.2, 0.25) is 0 Å². The molecule has 0 aliphatic heterocycles. The van der Waals surface area contributed by atoms with Crippen LogP contribution in [0.15, 0.2) is 12.7 Å². The molecule has 0 unspecified atom stereocenters. The fraction of sp³-hybridized carbons (Fsp3) is 0.786. The summed E-state index contributed by atoms with van der Waals surface area (Å²) in [5.41, 5.74) is 0. The van der Waals surface area contributed by atoms with Gasteiger partial charge in [-0.15, -0.1) is 6.58 Å². The zero-order chi connectivity index (χ0) is 13.6. The van der Waals surface area contributed by atoms with E-state index in [0.717, 1.165) is 6.42 Å². The van der Waals surface area contributed by atoms with E-state index in [1.54, 1.807) is 19.9 Å². The summed E-state index contributed by atoms with van der Waals surface area (Å²) in [7, 11) is 0. The van der Waals surface area contributed by atoms with E-state index in [2.05, 4.69) is 6.58 Å². The maximum atomic E-state index is 12.1. The van der Waals surface area contributed by atoms with E-state index < -0.39 is 24.0 Å². The Morgan fingerprint density at radius 2 is 1.76 bits per heavy atom. The Balaban J connectivity index is 4.53. The fourth-order valence-corrected chi connectivity index (χ4v) is 1.91. The summed E-state index contributed by atoms with van der Waals surface area (Å²) >= 11 is 0. The molecular weight excluding hydrogens is 216 g/mol. The van der Waals surface area contributed by atoms with E-state index in [4.69, 9.17) is 0 Å². The van der Waals surface area contributed by atoms with E-state index >= 15 is 0 Å². The molecule has 0 aromatic heterocycles. The first kappa shape index (κ1) is 16.3. The van der Waals surface area contributed by atoms with Crippen molar-refractivity contribution in [3.63, 3.8) is 0 Å². The normalized spacial score (nSPS) is 20.1. The Labute approximate surface area is 105 Å². The fourth-order valence-electron chi connectivity index (χ4n) is 1.91. The summed E-state index contributed by atoms with van der Waals surface area (Å²) < 4.78 is 0. The van der Waals surface area contributed by atoms with Gasteiger partial charge in [0.05, 0.1) is 12.2 Å². The van der Waals surface area contributed by atoms with Crippen LogP contribution >= 0.6 is 0 Å². The molecule has 3 nitrogen and oxygen atoms in total. The third-order valence-electron chi connectivity index (χ3n) is 3.48. The van der Waals surface area contributed by atoms with E-state index in [0.29, 0.717) is 6.42 Å². The first-order valence-electron chi connectivity index (χ1n) is 6.39. The molecule has 0 aliphatic rings. The molecular formula is C14H26O3. The molecule has 0 rings (SSSR count). The van der Waals surface area contributed by atoms with Crippen LogP contribution < -0.4 is 0 Å². The van der Waals surface area contributed by atoms with Crippen molar-refractivity contribution in [3.05, 3.63) is 12.7 Å². The van der Waals surface area contributed by atoms with Crippen molar-refractivity contribution in [2.75, 3.05) is 0 Å². The van der Waals surface area contributed by atoms with Crippen LogP contribution in [0, 0.1) is 17.8 Å². The SMILES string of the molecule is C=C[C@@H](C)[C@@H](O)[C@@H](C)C(=O)[C@@H](C)[C@H](O)CCC. The molecule has 2 N–H and O–H groups in total. The molecule has 0 fully saturated rings. The summed E-state index contributed by atoms with van der Waals surface area (Å²) in [6.07, 6.45) is 1.77. The van der Waals surface area contributed by atoms with Crippen LogP contribution in [-0.4, -0.2) is 28.2 Å². The highest BCUT2D eigenvalue weighted by atomic mass is 16.3. The highest BCUT2D eigenvalue weighted by Gasteiger charge is 2.31. The topological polar surface area (TPSA) is 57.5 Å². The van der Waals surface area contributed by atoms with Gasteiger partial charge in [-0.25, -0.2) is 0 Å². The Morgan fingerprint density at radius 3 is 2.18 bits per heavy atom. The molecule has 5 atom stereocenters. The van der Waals surface area contributed by atoms with Gasteiger partial charge >= 0.3 is 0 Å². The van der Waals surface area contributed by atoms with Gasteiger partial charge in [0, 0.05) is 17.8 Å². The van der Waals surface area contributed by atoms with Gasteiger partial charge in [0.1, 0.15) is 5.78 Å². The van der Waals surface area contributed by atoms with Gasteiger partial charge in [-0.3, -0.25) is 4.79 Å². The standard InChI is InChI=1S/C14H26O3/c1-6-8-12(15)10(4)14(17)11(5)13(16)9(3)7-2/h7,9-13,15-16H,2,6,8H2,1,3-5H3/t9-,10+,11-,12-,13-/m1/s1. The smallest absolute Gasteiger partial charge is 0.143 e. The van der Waals surface area contributed by atoms with Crippen molar-refractivity contribution in [2.24, 2.45) is 17.8 Å². The van der Waals surface area contributed by atoms with Crippen LogP contribution in [0.25, 0.3) is 0 Å². The highest BCUT2D eigenvalue weighted by molar-refractivity contribution is 5.83. The maximum absolute atomic E-state index is 12.1. The number of aliphatic hydroxyl groups excluding tert-OH is 2. The number of hydrogen-bond acceptors (Lipinski definition) is 3. The Hall–Kier alpha value is -0.670. The number of rotatable bonds is 8. The molecule has 0 amide bonds. The van der Waals surface area contributed by atoms with E-state index in [1.165, 1.54) is 0 Å². The lowest BCUT2D eigenvalue weighted by molar-refractivity contribution is -0.133. The average Bonchev–Trinajstić information content (AvgIpc) is 2.34. The number of aliphatic hydroxyl groups is 2. The van der Waals surface area contributed by atoms with Gasteiger partial charge in [-0.2, -0.15) is 0 Å². The lowest BCUT2D eigenvalue weighted by atomic mass is 9.83. The number of ketones is 1. The first-order valence-corrected chi connectivity index (χ1v) is 6.39. The second-order valence-electron chi connectivity index (χ2n) is 4.92. The zero-order valence-corrected chi connectivity index (χ0v) is 11.4. The lowest BCUT2D eigenvalue weighted by Crippen LogP contribution is -2.37. The number of Topliss-reactive ketones (excluding diaryl/α,β-unsaturated/α-hetero) is 1. The van der Waals surface area contributed by atoms with Crippen LogP contribution in [0.4, 0.5) is 0 Å². The van der Waals surface area contributed by atoms with Crippen molar-refractivity contribution in [3.8, 4) is 0 Å². The highest BCUT2D eigenvalue weighted by Crippen LogP contribution is 2.21. The third-order valence-corrected chi connectivity index (χ3v) is 3.48. The molecule has 0 aromatic carbocycles. The van der Waals surface area contributed by atoms with Crippen molar-refractivity contribution in [1.29, 1.82) is 0 Å². The quantitative estimate of drug-likeness (QED) is 0.641. The molecule has 0 heterocycles. The first-order chi connectivity index (χ1) is 7.86. The number of carbonyl (C=O) groups excluding carboxylic acids is 1. The second kappa shape index (κ2) is 7.62. The maximum Gasteiger partial charge on any atom is 0.143 e.